The topological polar surface area (TPSA) is 72.2 Å². The van der Waals surface area contributed by atoms with Crippen molar-refractivity contribution in [3.8, 4) is 0 Å². The van der Waals surface area contributed by atoms with E-state index < -0.39 is 0 Å². The largest absolute Gasteiger partial charge is 0.349 e. The Morgan fingerprint density at radius 2 is 2.09 bits per heavy atom. The summed E-state index contributed by atoms with van der Waals surface area (Å²) in [7, 11) is 0. The van der Waals surface area contributed by atoms with Gasteiger partial charge in [-0.15, -0.1) is 0 Å². The SMILES string of the molecule is Cc1nc(Cl)cc(N(Cc2ccccc2[N+](=O)[O-])C2CC2)n1. The molecule has 0 amide bonds. The number of nitrogens with zero attached hydrogens (tertiary/aromatic N) is 4. The van der Waals surface area contributed by atoms with Gasteiger partial charge in [0.05, 0.1) is 11.5 Å². The second kappa shape index (κ2) is 5.88. The maximum atomic E-state index is 11.2. The number of rotatable bonds is 5. The maximum Gasteiger partial charge on any atom is 0.274 e. The Labute approximate surface area is 132 Å². The molecule has 0 atom stereocenters. The summed E-state index contributed by atoms with van der Waals surface area (Å²) >= 11 is 6.02. The number of aryl methyl sites for hydroxylation is 1. The van der Waals surface area contributed by atoms with Gasteiger partial charge in [0.15, 0.2) is 0 Å². The molecule has 3 rings (SSSR count). The molecule has 1 fully saturated rings. The maximum absolute atomic E-state index is 11.2. The van der Waals surface area contributed by atoms with E-state index in [4.69, 9.17) is 11.6 Å². The van der Waals surface area contributed by atoms with E-state index >= 15 is 0 Å². The van der Waals surface area contributed by atoms with Gasteiger partial charge in [0.2, 0.25) is 0 Å². The molecule has 1 aromatic carbocycles. The van der Waals surface area contributed by atoms with Crippen LogP contribution in [0.15, 0.2) is 30.3 Å². The number of hydrogen-bond donors (Lipinski definition) is 0. The first kappa shape index (κ1) is 14.7. The van der Waals surface area contributed by atoms with Crippen molar-refractivity contribution in [2.24, 2.45) is 0 Å². The monoisotopic (exact) mass is 318 g/mol. The van der Waals surface area contributed by atoms with Gasteiger partial charge in [0, 0.05) is 23.7 Å². The van der Waals surface area contributed by atoms with Gasteiger partial charge < -0.3 is 4.90 Å². The molecule has 0 unspecified atom stereocenters. The predicted octanol–water partition coefficient (Wildman–Crippen LogP) is 3.52. The minimum Gasteiger partial charge on any atom is -0.349 e. The summed E-state index contributed by atoms with van der Waals surface area (Å²) in [5, 5.41) is 11.6. The van der Waals surface area contributed by atoms with Crippen molar-refractivity contribution in [1.82, 2.24) is 9.97 Å². The number of nitro groups is 1. The standard InChI is InChI=1S/C15H15ClN4O2/c1-10-17-14(16)8-15(18-10)19(12-6-7-12)9-11-4-2-3-5-13(11)20(21)22/h2-5,8,12H,6-7,9H2,1H3. The van der Waals surface area contributed by atoms with Crippen LogP contribution in [0.5, 0.6) is 0 Å². The third kappa shape index (κ3) is 3.17. The van der Waals surface area contributed by atoms with Gasteiger partial charge in [-0.25, -0.2) is 9.97 Å². The fraction of sp³-hybridized carbons (Fsp3) is 0.333. The van der Waals surface area contributed by atoms with Crippen LogP contribution in [0.25, 0.3) is 0 Å². The van der Waals surface area contributed by atoms with Gasteiger partial charge in [-0.1, -0.05) is 29.8 Å². The van der Waals surface area contributed by atoms with Crippen molar-refractivity contribution in [3.63, 3.8) is 0 Å². The summed E-state index contributed by atoms with van der Waals surface area (Å²) in [6, 6.07) is 8.86. The van der Waals surface area contributed by atoms with Crippen LogP contribution in [0.4, 0.5) is 11.5 Å². The number of hydrogen-bond acceptors (Lipinski definition) is 5. The lowest BCUT2D eigenvalue weighted by Crippen LogP contribution is -2.26. The van der Waals surface area contributed by atoms with Crippen LogP contribution in [0.1, 0.15) is 24.2 Å². The van der Waals surface area contributed by atoms with Crippen LogP contribution >= 0.6 is 11.6 Å². The smallest absolute Gasteiger partial charge is 0.274 e. The van der Waals surface area contributed by atoms with Gasteiger partial charge in [-0.05, 0) is 19.8 Å². The molecule has 2 aromatic rings. The Kier molecular flexibility index (Phi) is 3.94. The molecular formula is C15H15ClN4O2. The molecule has 1 aliphatic rings. The molecule has 0 spiro atoms. The average Bonchev–Trinajstić information content (AvgIpc) is 3.28. The van der Waals surface area contributed by atoms with Crippen molar-refractivity contribution >= 4 is 23.1 Å². The van der Waals surface area contributed by atoms with Gasteiger partial charge in [-0.3, -0.25) is 10.1 Å². The van der Waals surface area contributed by atoms with Gasteiger partial charge in [-0.2, -0.15) is 0 Å². The van der Waals surface area contributed by atoms with Crippen molar-refractivity contribution in [1.29, 1.82) is 0 Å². The lowest BCUT2D eigenvalue weighted by atomic mass is 10.1. The number of halogens is 1. The molecule has 7 heteroatoms. The number of benzene rings is 1. The number of anilines is 1. The molecule has 1 aliphatic carbocycles. The van der Waals surface area contributed by atoms with E-state index in [0.29, 0.717) is 29.1 Å². The molecule has 6 nitrogen and oxygen atoms in total. The zero-order valence-corrected chi connectivity index (χ0v) is 12.8. The normalized spacial score (nSPS) is 13.9. The quantitative estimate of drug-likeness (QED) is 0.479. The second-order valence-electron chi connectivity index (χ2n) is 5.34. The van der Waals surface area contributed by atoms with Crippen molar-refractivity contribution in [2.45, 2.75) is 32.4 Å². The molecule has 1 aromatic heterocycles. The third-order valence-electron chi connectivity index (χ3n) is 3.60. The lowest BCUT2D eigenvalue weighted by molar-refractivity contribution is -0.385. The minimum atomic E-state index is -0.349. The van der Waals surface area contributed by atoms with Gasteiger partial charge in [0.1, 0.15) is 16.8 Å². The van der Waals surface area contributed by atoms with E-state index in [1.54, 1.807) is 25.1 Å². The summed E-state index contributed by atoms with van der Waals surface area (Å²) in [6.07, 6.45) is 2.11. The van der Waals surface area contributed by atoms with Crippen LogP contribution in [0.3, 0.4) is 0 Å². The van der Waals surface area contributed by atoms with Crippen molar-refractivity contribution in [3.05, 3.63) is 57.0 Å². The molecule has 0 bridgehead atoms. The number of aromatic nitrogens is 2. The molecule has 0 aliphatic heterocycles. The zero-order valence-electron chi connectivity index (χ0n) is 12.1. The fourth-order valence-electron chi connectivity index (χ4n) is 2.45. The van der Waals surface area contributed by atoms with Crippen molar-refractivity contribution < 1.29 is 4.92 Å². The summed E-state index contributed by atoms with van der Waals surface area (Å²) in [5.41, 5.74) is 0.803. The van der Waals surface area contributed by atoms with Crippen molar-refractivity contribution in [2.75, 3.05) is 4.90 Å². The summed E-state index contributed by atoms with van der Waals surface area (Å²) in [5.74, 6) is 1.31. The summed E-state index contributed by atoms with van der Waals surface area (Å²) in [4.78, 5) is 21.4. The highest BCUT2D eigenvalue weighted by Crippen LogP contribution is 2.34. The van der Waals surface area contributed by atoms with E-state index in [1.165, 1.54) is 6.07 Å². The molecule has 1 heterocycles. The first-order chi connectivity index (χ1) is 10.5. The number of para-hydroxylation sites is 1. The van der Waals surface area contributed by atoms with E-state index in [2.05, 4.69) is 14.9 Å². The van der Waals surface area contributed by atoms with Crippen LogP contribution in [0, 0.1) is 17.0 Å². The number of nitro benzene ring substituents is 1. The first-order valence-corrected chi connectivity index (χ1v) is 7.42. The molecule has 0 saturated heterocycles. The molecular weight excluding hydrogens is 304 g/mol. The Balaban J connectivity index is 1.95. The minimum absolute atomic E-state index is 0.130. The highest BCUT2D eigenvalue weighted by atomic mass is 35.5. The van der Waals surface area contributed by atoms with Crippen LogP contribution in [-0.2, 0) is 6.54 Å². The molecule has 114 valence electrons. The van der Waals surface area contributed by atoms with Crippen LogP contribution < -0.4 is 4.90 Å². The summed E-state index contributed by atoms with van der Waals surface area (Å²) in [6.45, 7) is 2.22. The molecule has 0 N–H and O–H groups in total. The highest BCUT2D eigenvalue weighted by Gasteiger charge is 2.31. The van der Waals surface area contributed by atoms with E-state index in [9.17, 15) is 10.1 Å². The third-order valence-corrected chi connectivity index (χ3v) is 3.80. The Morgan fingerprint density at radius 3 is 2.73 bits per heavy atom. The zero-order chi connectivity index (χ0) is 15.7. The van der Waals surface area contributed by atoms with Gasteiger partial charge in [0.25, 0.3) is 5.69 Å². The van der Waals surface area contributed by atoms with E-state index in [1.807, 2.05) is 6.07 Å². The van der Waals surface area contributed by atoms with Crippen LogP contribution in [0.2, 0.25) is 5.15 Å². The Hall–Kier alpha value is -2.21. The van der Waals surface area contributed by atoms with E-state index in [-0.39, 0.29) is 10.6 Å². The Bertz CT molecular complexity index is 698. The van der Waals surface area contributed by atoms with Gasteiger partial charge >= 0.3 is 0 Å². The van der Waals surface area contributed by atoms with Crippen LogP contribution in [-0.4, -0.2) is 20.9 Å². The fourth-order valence-corrected chi connectivity index (χ4v) is 2.67. The predicted molar refractivity (Wildman–Crippen MR) is 84.1 cm³/mol. The average molecular weight is 319 g/mol. The molecule has 0 radical (unpaired) electrons. The highest BCUT2D eigenvalue weighted by molar-refractivity contribution is 6.29. The van der Waals surface area contributed by atoms with E-state index in [0.717, 1.165) is 18.7 Å². The first-order valence-electron chi connectivity index (χ1n) is 7.04. The second-order valence-corrected chi connectivity index (χ2v) is 5.73. The molecule has 22 heavy (non-hydrogen) atoms. The molecule has 1 saturated carbocycles. The Morgan fingerprint density at radius 1 is 1.36 bits per heavy atom. The summed E-state index contributed by atoms with van der Waals surface area (Å²) < 4.78 is 0. The lowest BCUT2D eigenvalue weighted by Gasteiger charge is -2.23.